The number of ether oxygens (including phenoxy) is 1. The van der Waals surface area contributed by atoms with Gasteiger partial charge in [0.15, 0.2) is 0 Å². The van der Waals surface area contributed by atoms with Crippen LogP contribution in [0.15, 0.2) is 0 Å². The second kappa shape index (κ2) is 9.46. The van der Waals surface area contributed by atoms with Crippen LogP contribution < -0.4 is 5.32 Å². The van der Waals surface area contributed by atoms with Gasteiger partial charge in [-0.2, -0.15) is 0 Å². The molecule has 1 N–H and O–H groups in total. The standard InChI is InChI=1S/C14H29NO2/c1-6-8-9-13(7-2)10-17-14(16)12(5)15-11(3)4/h11-13,15H,6-10H2,1-5H3. The van der Waals surface area contributed by atoms with Crippen LogP contribution in [0.5, 0.6) is 0 Å². The first kappa shape index (κ1) is 16.4. The molecule has 0 rings (SSSR count). The summed E-state index contributed by atoms with van der Waals surface area (Å²) in [6, 6.07) is 0.0956. The largest absolute Gasteiger partial charge is 0.464 e. The highest BCUT2D eigenvalue weighted by Gasteiger charge is 2.16. The van der Waals surface area contributed by atoms with Crippen molar-refractivity contribution in [3.63, 3.8) is 0 Å². The van der Waals surface area contributed by atoms with Gasteiger partial charge in [0, 0.05) is 6.04 Å². The Morgan fingerprint density at radius 1 is 1.24 bits per heavy atom. The summed E-state index contributed by atoms with van der Waals surface area (Å²) >= 11 is 0. The number of hydrogen-bond donors (Lipinski definition) is 1. The van der Waals surface area contributed by atoms with E-state index in [9.17, 15) is 4.79 Å². The third kappa shape index (κ3) is 8.19. The Morgan fingerprint density at radius 3 is 2.35 bits per heavy atom. The van der Waals surface area contributed by atoms with E-state index in [2.05, 4.69) is 19.2 Å². The van der Waals surface area contributed by atoms with Crippen molar-refractivity contribution in [3.8, 4) is 0 Å². The van der Waals surface area contributed by atoms with E-state index in [-0.39, 0.29) is 12.0 Å². The summed E-state index contributed by atoms with van der Waals surface area (Å²) in [5.41, 5.74) is 0. The minimum absolute atomic E-state index is 0.131. The smallest absolute Gasteiger partial charge is 0.322 e. The summed E-state index contributed by atoms with van der Waals surface area (Å²) in [6.07, 6.45) is 4.66. The molecule has 3 heteroatoms. The Hall–Kier alpha value is -0.570. The Labute approximate surface area is 106 Å². The van der Waals surface area contributed by atoms with Crippen molar-refractivity contribution in [1.82, 2.24) is 5.32 Å². The van der Waals surface area contributed by atoms with Gasteiger partial charge in [0.1, 0.15) is 6.04 Å². The topological polar surface area (TPSA) is 38.3 Å². The van der Waals surface area contributed by atoms with Crippen LogP contribution in [0.4, 0.5) is 0 Å². The van der Waals surface area contributed by atoms with Crippen molar-refractivity contribution >= 4 is 5.97 Å². The van der Waals surface area contributed by atoms with Crippen LogP contribution >= 0.6 is 0 Å². The van der Waals surface area contributed by atoms with E-state index >= 15 is 0 Å². The molecule has 0 aliphatic heterocycles. The molecule has 0 aromatic heterocycles. The quantitative estimate of drug-likeness (QED) is 0.632. The first-order valence-electron chi connectivity index (χ1n) is 6.93. The lowest BCUT2D eigenvalue weighted by Crippen LogP contribution is -2.40. The molecule has 0 fully saturated rings. The molecular weight excluding hydrogens is 214 g/mol. The summed E-state index contributed by atoms with van der Waals surface area (Å²) in [6.45, 7) is 10.8. The van der Waals surface area contributed by atoms with Crippen molar-refractivity contribution in [3.05, 3.63) is 0 Å². The fraction of sp³-hybridized carbons (Fsp3) is 0.929. The van der Waals surface area contributed by atoms with Crippen LogP contribution in [0.3, 0.4) is 0 Å². The van der Waals surface area contributed by atoms with Gasteiger partial charge in [0.25, 0.3) is 0 Å². The number of nitrogens with one attached hydrogen (secondary N) is 1. The van der Waals surface area contributed by atoms with E-state index in [0.29, 0.717) is 18.6 Å². The van der Waals surface area contributed by atoms with E-state index in [0.717, 1.165) is 12.8 Å². The van der Waals surface area contributed by atoms with Gasteiger partial charge in [-0.15, -0.1) is 0 Å². The first-order valence-corrected chi connectivity index (χ1v) is 6.93. The van der Waals surface area contributed by atoms with Crippen LogP contribution in [-0.2, 0) is 9.53 Å². The number of carbonyl (C=O) groups excluding carboxylic acids is 1. The summed E-state index contributed by atoms with van der Waals surface area (Å²) in [4.78, 5) is 11.7. The average Bonchev–Trinajstić information content (AvgIpc) is 2.28. The van der Waals surface area contributed by atoms with Crippen molar-refractivity contribution in [1.29, 1.82) is 0 Å². The molecule has 0 aromatic rings. The van der Waals surface area contributed by atoms with Gasteiger partial charge in [0.2, 0.25) is 0 Å². The minimum atomic E-state index is -0.210. The first-order chi connectivity index (χ1) is 8.01. The van der Waals surface area contributed by atoms with E-state index in [1.807, 2.05) is 20.8 Å². The molecule has 0 saturated heterocycles. The van der Waals surface area contributed by atoms with Gasteiger partial charge in [-0.3, -0.25) is 4.79 Å². The molecular formula is C14H29NO2. The molecule has 2 atom stereocenters. The van der Waals surface area contributed by atoms with Crippen LogP contribution in [0.1, 0.15) is 60.3 Å². The number of rotatable bonds is 9. The fourth-order valence-electron chi connectivity index (χ4n) is 1.79. The van der Waals surface area contributed by atoms with Crippen molar-refractivity contribution in [2.75, 3.05) is 6.61 Å². The van der Waals surface area contributed by atoms with E-state index < -0.39 is 0 Å². The highest BCUT2D eigenvalue weighted by Crippen LogP contribution is 2.13. The van der Waals surface area contributed by atoms with Crippen molar-refractivity contribution < 1.29 is 9.53 Å². The fourth-order valence-corrected chi connectivity index (χ4v) is 1.79. The Morgan fingerprint density at radius 2 is 1.88 bits per heavy atom. The highest BCUT2D eigenvalue weighted by atomic mass is 16.5. The lowest BCUT2D eigenvalue weighted by atomic mass is 10.0. The molecule has 17 heavy (non-hydrogen) atoms. The zero-order valence-electron chi connectivity index (χ0n) is 12.1. The van der Waals surface area contributed by atoms with Crippen LogP contribution in [-0.4, -0.2) is 24.7 Å². The average molecular weight is 243 g/mol. The van der Waals surface area contributed by atoms with Crippen molar-refractivity contribution in [2.45, 2.75) is 72.4 Å². The molecule has 0 amide bonds. The van der Waals surface area contributed by atoms with Crippen LogP contribution in [0.2, 0.25) is 0 Å². The predicted octanol–water partition coefficient (Wildman–Crippen LogP) is 3.13. The van der Waals surface area contributed by atoms with Crippen molar-refractivity contribution in [2.24, 2.45) is 5.92 Å². The number of unbranched alkanes of at least 4 members (excludes halogenated alkanes) is 1. The maximum Gasteiger partial charge on any atom is 0.322 e. The summed E-state index contributed by atoms with van der Waals surface area (Å²) < 4.78 is 5.35. The number of hydrogen-bond acceptors (Lipinski definition) is 3. The van der Waals surface area contributed by atoms with Gasteiger partial charge in [-0.25, -0.2) is 0 Å². The second-order valence-electron chi connectivity index (χ2n) is 5.09. The van der Waals surface area contributed by atoms with Crippen LogP contribution in [0.25, 0.3) is 0 Å². The summed E-state index contributed by atoms with van der Waals surface area (Å²) in [5.74, 6) is 0.388. The number of carbonyl (C=O) groups is 1. The van der Waals surface area contributed by atoms with Gasteiger partial charge < -0.3 is 10.1 Å². The monoisotopic (exact) mass is 243 g/mol. The van der Waals surface area contributed by atoms with Gasteiger partial charge in [0.05, 0.1) is 6.61 Å². The molecule has 0 saturated carbocycles. The molecule has 3 nitrogen and oxygen atoms in total. The molecule has 102 valence electrons. The molecule has 0 radical (unpaired) electrons. The normalized spacial score (nSPS) is 14.7. The predicted molar refractivity (Wildman–Crippen MR) is 72.0 cm³/mol. The summed E-state index contributed by atoms with van der Waals surface area (Å²) in [7, 11) is 0. The van der Waals surface area contributed by atoms with E-state index in [1.165, 1.54) is 12.8 Å². The zero-order valence-corrected chi connectivity index (χ0v) is 12.1. The molecule has 2 unspecified atom stereocenters. The number of esters is 1. The van der Waals surface area contributed by atoms with E-state index in [1.54, 1.807) is 0 Å². The Kier molecular flexibility index (Phi) is 9.14. The lowest BCUT2D eigenvalue weighted by Gasteiger charge is -2.19. The van der Waals surface area contributed by atoms with Gasteiger partial charge >= 0.3 is 5.97 Å². The second-order valence-corrected chi connectivity index (χ2v) is 5.09. The third-order valence-corrected chi connectivity index (χ3v) is 2.94. The molecule has 0 spiro atoms. The Balaban J connectivity index is 3.86. The SMILES string of the molecule is CCCCC(CC)COC(=O)C(C)NC(C)C. The van der Waals surface area contributed by atoms with Gasteiger partial charge in [-0.05, 0) is 19.3 Å². The van der Waals surface area contributed by atoms with Crippen LogP contribution in [0, 0.1) is 5.92 Å². The maximum atomic E-state index is 11.7. The minimum Gasteiger partial charge on any atom is -0.464 e. The summed E-state index contributed by atoms with van der Waals surface area (Å²) in [5, 5.41) is 3.15. The molecule has 0 aliphatic rings. The highest BCUT2D eigenvalue weighted by molar-refractivity contribution is 5.75. The zero-order chi connectivity index (χ0) is 13.3. The molecule has 0 aromatic carbocycles. The van der Waals surface area contributed by atoms with Gasteiger partial charge in [-0.1, -0.05) is 47.0 Å². The Bertz CT molecular complexity index is 204. The molecule has 0 bridgehead atoms. The molecule has 0 heterocycles. The van der Waals surface area contributed by atoms with E-state index in [4.69, 9.17) is 4.74 Å². The third-order valence-electron chi connectivity index (χ3n) is 2.94. The lowest BCUT2D eigenvalue weighted by molar-refractivity contribution is -0.147. The maximum absolute atomic E-state index is 11.7. The molecule has 0 aliphatic carbocycles.